The zero-order valence-corrected chi connectivity index (χ0v) is 15.1. The summed E-state index contributed by atoms with van der Waals surface area (Å²) in [5, 5.41) is 7.97. The van der Waals surface area contributed by atoms with Gasteiger partial charge in [0.1, 0.15) is 11.6 Å². The van der Waals surface area contributed by atoms with Crippen LogP contribution in [0.3, 0.4) is 0 Å². The molecular formula is C19H21N5O2. The maximum atomic E-state index is 13.4. The van der Waals surface area contributed by atoms with Gasteiger partial charge in [-0.05, 0) is 44.9 Å². The molecule has 0 spiro atoms. The van der Waals surface area contributed by atoms with Gasteiger partial charge < -0.3 is 9.64 Å². The number of aryl methyl sites for hydroxylation is 2. The van der Waals surface area contributed by atoms with Gasteiger partial charge in [0.2, 0.25) is 0 Å². The Morgan fingerprint density at radius 2 is 2.12 bits per heavy atom. The largest absolute Gasteiger partial charge is 0.497 e. The fraction of sp³-hybridized carbons (Fsp3) is 0.368. The van der Waals surface area contributed by atoms with E-state index in [9.17, 15) is 4.79 Å². The Hall–Kier alpha value is -2.96. The maximum absolute atomic E-state index is 13.4. The van der Waals surface area contributed by atoms with Crippen molar-refractivity contribution in [2.24, 2.45) is 0 Å². The molecule has 7 nitrogen and oxygen atoms in total. The number of amides is 1. The molecule has 26 heavy (non-hydrogen) atoms. The molecule has 134 valence electrons. The number of hydrogen-bond acceptors (Lipinski definition) is 5. The van der Waals surface area contributed by atoms with Crippen molar-refractivity contribution in [2.45, 2.75) is 32.7 Å². The number of pyridine rings is 1. The lowest BCUT2D eigenvalue weighted by atomic mass is 10.1. The number of nitrogens with one attached hydrogen (secondary N) is 1. The van der Waals surface area contributed by atoms with Gasteiger partial charge in [-0.3, -0.25) is 14.9 Å². The lowest BCUT2D eigenvalue weighted by Crippen LogP contribution is -2.31. The SMILES string of the molecule is COc1ccc2c(C(=O)N3CCC[C@H]3c3n[nH]c(C)n3)cc(C)nc2c1. The highest BCUT2D eigenvalue weighted by atomic mass is 16.5. The van der Waals surface area contributed by atoms with Crippen LogP contribution in [-0.2, 0) is 0 Å². The summed E-state index contributed by atoms with van der Waals surface area (Å²) in [6.07, 6.45) is 1.82. The van der Waals surface area contributed by atoms with Crippen molar-refractivity contribution in [3.63, 3.8) is 0 Å². The number of hydrogen-bond donors (Lipinski definition) is 1. The third kappa shape index (κ3) is 2.79. The molecule has 1 aliphatic heterocycles. The van der Waals surface area contributed by atoms with E-state index in [1.54, 1.807) is 7.11 Å². The Balaban J connectivity index is 1.75. The highest BCUT2D eigenvalue weighted by molar-refractivity contribution is 6.06. The van der Waals surface area contributed by atoms with Gasteiger partial charge in [-0.2, -0.15) is 5.10 Å². The number of likely N-dealkylation sites (tertiary alicyclic amines) is 1. The molecule has 1 atom stereocenters. The van der Waals surface area contributed by atoms with E-state index in [0.29, 0.717) is 17.9 Å². The molecule has 0 saturated carbocycles. The number of ether oxygens (including phenoxy) is 1. The van der Waals surface area contributed by atoms with Crippen LogP contribution in [0.5, 0.6) is 5.75 Å². The van der Waals surface area contributed by atoms with Gasteiger partial charge in [0.05, 0.1) is 24.2 Å². The minimum atomic E-state index is -0.0887. The van der Waals surface area contributed by atoms with Crippen LogP contribution in [0, 0.1) is 13.8 Å². The molecule has 1 fully saturated rings. The summed E-state index contributed by atoms with van der Waals surface area (Å²) in [6.45, 7) is 4.47. The standard InChI is InChI=1S/C19H21N5O2/c1-11-9-15(14-7-6-13(26-3)10-16(14)20-11)19(25)24-8-4-5-17(24)18-21-12(2)22-23-18/h6-7,9-10,17H,4-5,8H2,1-3H3,(H,21,22,23)/t17-/m0/s1. The average molecular weight is 351 g/mol. The first kappa shape index (κ1) is 16.5. The fourth-order valence-corrected chi connectivity index (χ4v) is 3.59. The molecule has 4 rings (SSSR count). The van der Waals surface area contributed by atoms with Crippen molar-refractivity contribution in [3.05, 3.63) is 47.2 Å². The molecule has 3 heterocycles. The molecule has 1 saturated heterocycles. The van der Waals surface area contributed by atoms with Crippen molar-refractivity contribution in [1.29, 1.82) is 0 Å². The molecule has 0 unspecified atom stereocenters. The Morgan fingerprint density at radius 3 is 2.85 bits per heavy atom. The quantitative estimate of drug-likeness (QED) is 0.784. The Kier molecular flexibility index (Phi) is 4.06. The second-order valence-corrected chi connectivity index (χ2v) is 6.63. The second-order valence-electron chi connectivity index (χ2n) is 6.63. The molecule has 3 aromatic rings. The van der Waals surface area contributed by atoms with Gasteiger partial charge in [-0.15, -0.1) is 0 Å². The van der Waals surface area contributed by atoms with Gasteiger partial charge in [0.15, 0.2) is 5.82 Å². The predicted molar refractivity (Wildman–Crippen MR) is 97.2 cm³/mol. The summed E-state index contributed by atoms with van der Waals surface area (Å²) in [5.74, 6) is 2.17. The number of rotatable bonds is 3. The molecule has 1 amide bonds. The van der Waals surface area contributed by atoms with Crippen LogP contribution in [-0.4, -0.2) is 44.6 Å². The van der Waals surface area contributed by atoms with E-state index in [4.69, 9.17) is 4.74 Å². The number of aromatic amines is 1. The average Bonchev–Trinajstić information content (AvgIpc) is 3.28. The second kappa shape index (κ2) is 6.40. The molecule has 1 aliphatic rings. The Bertz CT molecular complexity index is 981. The minimum absolute atomic E-state index is 0.00406. The molecule has 7 heteroatoms. The van der Waals surface area contributed by atoms with E-state index in [1.165, 1.54) is 0 Å². The first-order valence-electron chi connectivity index (χ1n) is 8.72. The lowest BCUT2D eigenvalue weighted by Gasteiger charge is -2.23. The fourth-order valence-electron chi connectivity index (χ4n) is 3.59. The van der Waals surface area contributed by atoms with E-state index in [0.717, 1.165) is 41.0 Å². The van der Waals surface area contributed by atoms with Crippen LogP contribution >= 0.6 is 0 Å². The monoisotopic (exact) mass is 351 g/mol. The van der Waals surface area contributed by atoms with Gasteiger partial charge in [0.25, 0.3) is 5.91 Å². The number of aromatic nitrogens is 4. The van der Waals surface area contributed by atoms with Crippen LogP contribution in [0.15, 0.2) is 24.3 Å². The van der Waals surface area contributed by atoms with Crippen LogP contribution in [0.4, 0.5) is 0 Å². The van der Waals surface area contributed by atoms with Crippen LogP contribution < -0.4 is 4.74 Å². The summed E-state index contributed by atoms with van der Waals surface area (Å²) >= 11 is 0. The summed E-state index contributed by atoms with van der Waals surface area (Å²) in [4.78, 5) is 24.2. The number of carbonyl (C=O) groups is 1. The van der Waals surface area contributed by atoms with E-state index in [2.05, 4.69) is 20.2 Å². The third-order valence-corrected chi connectivity index (χ3v) is 4.80. The number of nitrogens with zero attached hydrogens (tertiary/aromatic N) is 4. The Morgan fingerprint density at radius 1 is 1.27 bits per heavy atom. The molecule has 0 bridgehead atoms. The summed E-state index contributed by atoms with van der Waals surface area (Å²) < 4.78 is 5.28. The van der Waals surface area contributed by atoms with Crippen molar-refractivity contribution < 1.29 is 9.53 Å². The minimum Gasteiger partial charge on any atom is -0.497 e. The summed E-state index contributed by atoms with van der Waals surface area (Å²) in [6, 6.07) is 7.38. The molecular weight excluding hydrogens is 330 g/mol. The highest BCUT2D eigenvalue weighted by Gasteiger charge is 2.34. The third-order valence-electron chi connectivity index (χ3n) is 4.80. The molecule has 1 aromatic carbocycles. The van der Waals surface area contributed by atoms with E-state index in [1.807, 2.05) is 43.0 Å². The van der Waals surface area contributed by atoms with Gasteiger partial charge in [-0.1, -0.05) is 0 Å². The van der Waals surface area contributed by atoms with Crippen molar-refractivity contribution >= 4 is 16.8 Å². The number of H-pyrrole nitrogens is 1. The van der Waals surface area contributed by atoms with E-state index >= 15 is 0 Å². The van der Waals surface area contributed by atoms with Gasteiger partial charge >= 0.3 is 0 Å². The lowest BCUT2D eigenvalue weighted by molar-refractivity contribution is 0.0732. The van der Waals surface area contributed by atoms with Crippen LogP contribution in [0.1, 0.15) is 46.6 Å². The molecule has 0 radical (unpaired) electrons. The Labute approximate surface area is 151 Å². The van der Waals surface area contributed by atoms with Gasteiger partial charge in [0, 0.05) is 23.7 Å². The number of methoxy groups -OCH3 is 1. The maximum Gasteiger partial charge on any atom is 0.255 e. The highest BCUT2D eigenvalue weighted by Crippen LogP contribution is 2.33. The van der Waals surface area contributed by atoms with Crippen LogP contribution in [0.2, 0.25) is 0 Å². The van der Waals surface area contributed by atoms with Crippen molar-refractivity contribution in [1.82, 2.24) is 25.1 Å². The normalized spacial score (nSPS) is 17.0. The van der Waals surface area contributed by atoms with E-state index in [-0.39, 0.29) is 11.9 Å². The number of benzene rings is 1. The van der Waals surface area contributed by atoms with Crippen LogP contribution in [0.25, 0.3) is 10.9 Å². The predicted octanol–water partition coefficient (Wildman–Crippen LogP) is 2.96. The molecule has 0 aliphatic carbocycles. The zero-order chi connectivity index (χ0) is 18.3. The summed E-state index contributed by atoms with van der Waals surface area (Å²) in [5.41, 5.74) is 2.23. The van der Waals surface area contributed by atoms with Gasteiger partial charge in [-0.25, -0.2) is 4.98 Å². The first-order chi connectivity index (χ1) is 12.6. The molecule has 1 N–H and O–H groups in total. The number of carbonyl (C=O) groups excluding carboxylic acids is 1. The smallest absolute Gasteiger partial charge is 0.255 e. The summed E-state index contributed by atoms with van der Waals surface area (Å²) in [7, 11) is 1.62. The van der Waals surface area contributed by atoms with Crippen molar-refractivity contribution in [2.75, 3.05) is 13.7 Å². The number of fused-ring (bicyclic) bond motifs is 1. The van der Waals surface area contributed by atoms with E-state index < -0.39 is 0 Å². The zero-order valence-electron chi connectivity index (χ0n) is 15.1. The topological polar surface area (TPSA) is 84.0 Å². The first-order valence-corrected chi connectivity index (χ1v) is 8.72. The molecule has 2 aromatic heterocycles. The van der Waals surface area contributed by atoms with Crippen molar-refractivity contribution in [3.8, 4) is 5.75 Å².